The van der Waals surface area contributed by atoms with E-state index in [-0.39, 0.29) is 25.8 Å². The van der Waals surface area contributed by atoms with E-state index in [1.807, 2.05) is 0 Å². The molecule has 13 nitrogen and oxygen atoms in total. The number of carbonyl (C=O) groups is 6. The van der Waals surface area contributed by atoms with Gasteiger partial charge in [-0.1, -0.05) is 13.8 Å². The number of likely N-dealkylation sites (tertiary alicyclic amines) is 1. The van der Waals surface area contributed by atoms with Crippen molar-refractivity contribution in [1.29, 1.82) is 0 Å². The summed E-state index contributed by atoms with van der Waals surface area (Å²) in [5.41, 5.74) is 10.9. The fourth-order valence-electron chi connectivity index (χ4n) is 3.51. The van der Waals surface area contributed by atoms with Gasteiger partial charge in [-0.2, -0.15) is 0 Å². The summed E-state index contributed by atoms with van der Waals surface area (Å²) in [5, 5.41) is 23.0. The van der Waals surface area contributed by atoms with Crippen LogP contribution >= 0.6 is 0 Å². The highest BCUT2D eigenvalue weighted by atomic mass is 16.4. The zero-order valence-corrected chi connectivity index (χ0v) is 18.8. The molecule has 1 saturated heterocycles. The van der Waals surface area contributed by atoms with Gasteiger partial charge in [-0.05, 0) is 31.6 Å². The summed E-state index contributed by atoms with van der Waals surface area (Å²) in [6, 6.07) is -4.50. The van der Waals surface area contributed by atoms with Crippen molar-refractivity contribution in [2.75, 3.05) is 6.54 Å². The minimum Gasteiger partial charge on any atom is -0.481 e. The number of nitrogens with two attached hydrogens (primary N) is 2. The van der Waals surface area contributed by atoms with E-state index in [2.05, 4.69) is 10.6 Å². The number of nitrogens with zero attached hydrogens (tertiary/aromatic N) is 1. The first-order valence-corrected chi connectivity index (χ1v) is 10.7. The van der Waals surface area contributed by atoms with E-state index < -0.39 is 72.1 Å². The van der Waals surface area contributed by atoms with Crippen LogP contribution in [0.2, 0.25) is 0 Å². The van der Waals surface area contributed by atoms with Crippen LogP contribution in [0, 0.1) is 5.92 Å². The summed E-state index contributed by atoms with van der Waals surface area (Å²) in [6.07, 6.45) is 0.0349. The van der Waals surface area contributed by atoms with E-state index in [1.54, 1.807) is 13.8 Å². The SMILES string of the molecule is CC(C)C(NC(=O)C(CCC(=O)O)NC(=O)C1CCCN1C(=O)C(N)CCC(N)=O)C(=O)O. The summed E-state index contributed by atoms with van der Waals surface area (Å²) in [4.78, 5) is 72.8. The summed E-state index contributed by atoms with van der Waals surface area (Å²) < 4.78 is 0. The molecule has 33 heavy (non-hydrogen) atoms. The number of hydrogen-bond donors (Lipinski definition) is 6. The van der Waals surface area contributed by atoms with Gasteiger partial charge < -0.3 is 37.2 Å². The summed E-state index contributed by atoms with van der Waals surface area (Å²) in [5.74, 6) is -5.57. The number of carboxylic acids is 2. The Morgan fingerprint density at radius 3 is 2.18 bits per heavy atom. The molecule has 1 aliphatic heterocycles. The average molecular weight is 472 g/mol. The van der Waals surface area contributed by atoms with Gasteiger partial charge >= 0.3 is 11.9 Å². The number of carboxylic acid groups (broad SMARTS) is 2. The van der Waals surface area contributed by atoms with Gasteiger partial charge in [0.2, 0.25) is 23.6 Å². The lowest BCUT2D eigenvalue weighted by Crippen LogP contribution is -2.57. The monoisotopic (exact) mass is 471 g/mol. The maximum Gasteiger partial charge on any atom is 0.326 e. The third-order valence-corrected chi connectivity index (χ3v) is 5.37. The molecule has 0 saturated carbocycles. The first-order chi connectivity index (χ1) is 15.3. The van der Waals surface area contributed by atoms with Crippen molar-refractivity contribution >= 4 is 35.6 Å². The van der Waals surface area contributed by atoms with E-state index in [1.165, 1.54) is 4.90 Å². The first-order valence-electron chi connectivity index (χ1n) is 10.7. The van der Waals surface area contributed by atoms with Crippen LogP contribution in [0.3, 0.4) is 0 Å². The topological polar surface area (TPSA) is 222 Å². The average Bonchev–Trinajstić information content (AvgIpc) is 3.21. The van der Waals surface area contributed by atoms with Gasteiger partial charge in [0.15, 0.2) is 0 Å². The van der Waals surface area contributed by atoms with Crippen molar-refractivity contribution in [2.24, 2.45) is 17.4 Å². The molecule has 1 rings (SSSR count). The highest BCUT2D eigenvalue weighted by Crippen LogP contribution is 2.19. The fraction of sp³-hybridized carbons (Fsp3) is 0.700. The Hall–Kier alpha value is -3.22. The maximum atomic E-state index is 12.9. The number of primary amides is 1. The number of aliphatic carboxylic acids is 2. The predicted molar refractivity (Wildman–Crippen MR) is 114 cm³/mol. The molecule has 1 fully saturated rings. The van der Waals surface area contributed by atoms with E-state index in [0.717, 1.165) is 0 Å². The van der Waals surface area contributed by atoms with Crippen LogP contribution in [0.1, 0.15) is 52.4 Å². The van der Waals surface area contributed by atoms with Crippen molar-refractivity contribution in [3.63, 3.8) is 0 Å². The second-order valence-corrected chi connectivity index (χ2v) is 8.36. The first kappa shape index (κ1) is 27.8. The number of carbonyl (C=O) groups excluding carboxylic acids is 4. The van der Waals surface area contributed by atoms with Crippen molar-refractivity contribution in [3.05, 3.63) is 0 Å². The Morgan fingerprint density at radius 2 is 1.67 bits per heavy atom. The lowest BCUT2D eigenvalue weighted by atomic mass is 10.0. The van der Waals surface area contributed by atoms with Gasteiger partial charge in [0.1, 0.15) is 18.1 Å². The van der Waals surface area contributed by atoms with Gasteiger partial charge in [0, 0.05) is 19.4 Å². The lowest BCUT2D eigenvalue weighted by Gasteiger charge is -2.28. The van der Waals surface area contributed by atoms with Crippen LogP contribution in [-0.4, -0.2) is 81.4 Å². The molecule has 0 aromatic heterocycles. The number of rotatable bonds is 13. The smallest absolute Gasteiger partial charge is 0.326 e. The third-order valence-electron chi connectivity index (χ3n) is 5.37. The minimum atomic E-state index is -1.31. The highest BCUT2D eigenvalue weighted by Gasteiger charge is 2.38. The van der Waals surface area contributed by atoms with Crippen molar-refractivity contribution in [3.8, 4) is 0 Å². The molecule has 0 spiro atoms. The fourth-order valence-corrected chi connectivity index (χ4v) is 3.51. The Labute approximate surface area is 191 Å². The summed E-state index contributed by atoms with van der Waals surface area (Å²) in [7, 11) is 0. The Bertz CT molecular complexity index is 772. The van der Waals surface area contributed by atoms with E-state index in [0.29, 0.717) is 12.8 Å². The van der Waals surface area contributed by atoms with Crippen LogP contribution < -0.4 is 22.1 Å². The van der Waals surface area contributed by atoms with Gasteiger partial charge in [-0.25, -0.2) is 4.79 Å². The second-order valence-electron chi connectivity index (χ2n) is 8.36. The van der Waals surface area contributed by atoms with Crippen molar-refractivity contribution in [2.45, 2.75) is 76.5 Å². The normalized spacial score (nSPS) is 18.3. The molecule has 8 N–H and O–H groups in total. The predicted octanol–water partition coefficient (Wildman–Crippen LogP) is -1.85. The minimum absolute atomic E-state index is 0.0222. The van der Waals surface area contributed by atoms with Crippen molar-refractivity contribution < 1.29 is 39.0 Å². The van der Waals surface area contributed by atoms with Gasteiger partial charge in [0.05, 0.1) is 6.04 Å². The third kappa shape index (κ3) is 8.67. The largest absolute Gasteiger partial charge is 0.481 e. The molecule has 13 heteroatoms. The van der Waals surface area contributed by atoms with Crippen LogP contribution in [0.4, 0.5) is 0 Å². The molecule has 0 bridgehead atoms. The Balaban J connectivity index is 2.92. The molecule has 0 aliphatic carbocycles. The molecule has 0 aromatic rings. The molecule has 1 aliphatic rings. The molecule has 4 unspecified atom stereocenters. The zero-order valence-electron chi connectivity index (χ0n) is 18.8. The number of hydrogen-bond acceptors (Lipinski definition) is 7. The van der Waals surface area contributed by atoms with Crippen LogP contribution in [0.15, 0.2) is 0 Å². The van der Waals surface area contributed by atoms with Gasteiger partial charge in [-0.3, -0.25) is 24.0 Å². The van der Waals surface area contributed by atoms with Gasteiger partial charge in [0.25, 0.3) is 0 Å². The van der Waals surface area contributed by atoms with E-state index in [4.69, 9.17) is 16.6 Å². The van der Waals surface area contributed by atoms with Crippen molar-refractivity contribution in [1.82, 2.24) is 15.5 Å². The summed E-state index contributed by atoms with van der Waals surface area (Å²) >= 11 is 0. The second kappa shape index (κ2) is 12.7. The molecule has 186 valence electrons. The maximum absolute atomic E-state index is 12.9. The molecular weight excluding hydrogens is 438 g/mol. The molecular formula is C20H33N5O8. The molecule has 4 amide bonds. The molecule has 1 heterocycles. The molecule has 0 aromatic carbocycles. The van der Waals surface area contributed by atoms with E-state index >= 15 is 0 Å². The van der Waals surface area contributed by atoms with Gasteiger partial charge in [-0.15, -0.1) is 0 Å². The molecule has 4 atom stereocenters. The quantitative estimate of drug-likeness (QED) is 0.177. The Kier molecular flexibility index (Phi) is 10.7. The van der Waals surface area contributed by atoms with E-state index in [9.17, 15) is 33.9 Å². The standard InChI is InChI=1S/C20H33N5O8/c1-10(2)16(20(32)33)24-17(29)12(6-8-15(27)28)23-18(30)13-4-3-9-25(13)19(31)11(21)5-7-14(22)26/h10-13,16H,3-9,21H2,1-2H3,(H2,22,26)(H,23,30)(H,24,29)(H,27,28)(H,32,33). The number of nitrogens with one attached hydrogen (secondary N) is 2. The summed E-state index contributed by atoms with van der Waals surface area (Å²) in [6.45, 7) is 3.43. The van der Waals surface area contributed by atoms with Crippen LogP contribution in [0.25, 0.3) is 0 Å². The van der Waals surface area contributed by atoms with Crippen LogP contribution in [-0.2, 0) is 28.8 Å². The number of amides is 4. The highest BCUT2D eigenvalue weighted by molar-refractivity contribution is 5.94. The lowest BCUT2D eigenvalue weighted by molar-refractivity contribution is -0.144. The van der Waals surface area contributed by atoms with Crippen LogP contribution in [0.5, 0.6) is 0 Å². The Morgan fingerprint density at radius 1 is 1.03 bits per heavy atom. The zero-order chi connectivity index (χ0) is 25.3. The molecule has 0 radical (unpaired) electrons.